The summed E-state index contributed by atoms with van der Waals surface area (Å²) in [5.74, 6) is 0. The smallest absolute Gasteiger partial charge is 0.192 e. The van der Waals surface area contributed by atoms with Gasteiger partial charge in [-0.3, -0.25) is 14.8 Å². The zero-order chi connectivity index (χ0) is 31.3. The lowest BCUT2D eigenvalue weighted by molar-refractivity contribution is 0.569. The maximum absolute atomic E-state index is 11.8. The van der Waals surface area contributed by atoms with Gasteiger partial charge in [0.15, 0.2) is 5.43 Å². The van der Waals surface area contributed by atoms with Gasteiger partial charge in [-0.05, 0) is 105 Å². The van der Waals surface area contributed by atoms with Gasteiger partial charge < -0.3 is 9.88 Å². The van der Waals surface area contributed by atoms with Crippen LogP contribution in [0.15, 0.2) is 83.9 Å². The highest BCUT2D eigenvalue weighted by molar-refractivity contribution is 6.31. The highest BCUT2D eigenvalue weighted by Crippen LogP contribution is 2.48. The van der Waals surface area contributed by atoms with Crippen molar-refractivity contribution in [3.63, 3.8) is 0 Å². The average molecular weight is 622 g/mol. The Balaban J connectivity index is 0.000000205. The molecule has 0 radical (unpaired) electrons. The summed E-state index contributed by atoms with van der Waals surface area (Å²) in [6.45, 7) is 13.5. The van der Waals surface area contributed by atoms with Gasteiger partial charge in [-0.1, -0.05) is 49.2 Å². The van der Waals surface area contributed by atoms with Crippen LogP contribution < -0.4 is 10.3 Å². The Morgan fingerprint density at radius 3 is 2.20 bits per heavy atom. The molecule has 44 heavy (non-hydrogen) atoms. The number of rotatable bonds is 2. The van der Waals surface area contributed by atoms with Crippen LogP contribution in [0.5, 0.6) is 0 Å². The molecule has 4 heterocycles. The van der Waals surface area contributed by atoms with Crippen molar-refractivity contribution < 1.29 is 0 Å². The second-order valence-corrected chi connectivity index (χ2v) is 13.0. The molecule has 222 valence electrons. The van der Waals surface area contributed by atoms with E-state index in [0.717, 1.165) is 44.9 Å². The molecule has 1 aliphatic heterocycles. The van der Waals surface area contributed by atoms with Crippen molar-refractivity contribution in [2.24, 2.45) is 0 Å². The van der Waals surface area contributed by atoms with Gasteiger partial charge in [-0.15, -0.1) is 0 Å². The number of pyridine rings is 3. The number of benzene rings is 3. The Labute approximate surface area is 267 Å². The van der Waals surface area contributed by atoms with Crippen LogP contribution in [0.25, 0.3) is 32.9 Å². The van der Waals surface area contributed by atoms with E-state index in [9.17, 15) is 4.79 Å². The van der Waals surface area contributed by atoms with E-state index in [-0.39, 0.29) is 10.8 Å². The topological polar surface area (TPSA) is 61.9 Å². The molecule has 0 bridgehead atoms. The maximum Gasteiger partial charge on any atom is 0.192 e. The summed E-state index contributed by atoms with van der Waals surface area (Å²) in [4.78, 5) is 26.4. The molecule has 7 heteroatoms. The molecule has 0 aliphatic carbocycles. The first-order valence-electron chi connectivity index (χ1n) is 14.6. The summed E-state index contributed by atoms with van der Waals surface area (Å²) in [5, 5.41) is 3.08. The van der Waals surface area contributed by atoms with Crippen LogP contribution in [0, 0.1) is 27.7 Å². The quantitative estimate of drug-likeness (QED) is 0.209. The highest BCUT2D eigenvalue weighted by Gasteiger charge is 2.37. The summed E-state index contributed by atoms with van der Waals surface area (Å²) in [6, 6.07) is 22.2. The fraction of sp³-hybridized carbons (Fsp3) is 0.216. The molecule has 1 N–H and O–H groups in total. The third kappa shape index (κ3) is 5.36. The Kier molecular flexibility index (Phi) is 7.73. The Hall–Kier alpha value is -4.19. The van der Waals surface area contributed by atoms with Crippen LogP contribution in [0.1, 0.15) is 41.9 Å². The van der Waals surface area contributed by atoms with Crippen LogP contribution in [0.2, 0.25) is 10.0 Å². The molecule has 0 saturated heterocycles. The summed E-state index contributed by atoms with van der Waals surface area (Å²) in [7, 11) is 0. The van der Waals surface area contributed by atoms with Gasteiger partial charge in [-0.2, -0.15) is 0 Å². The first-order valence-corrected chi connectivity index (χ1v) is 15.4. The van der Waals surface area contributed by atoms with E-state index in [0.29, 0.717) is 10.4 Å². The summed E-state index contributed by atoms with van der Waals surface area (Å²) in [6.07, 6.45) is 3.69. The van der Waals surface area contributed by atoms with Crippen LogP contribution in [0.4, 0.5) is 11.4 Å². The van der Waals surface area contributed by atoms with Crippen LogP contribution in [0.3, 0.4) is 0 Å². The van der Waals surface area contributed by atoms with Gasteiger partial charge >= 0.3 is 0 Å². The van der Waals surface area contributed by atoms with Gasteiger partial charge in [0.1, 0.15) is 0 Å². The number of hydrogen-bond acceptors (Lipinski definition) is 4. The fourth-order valence-electron chi connectivity index (χ4n) is 6.08. The third-order valence-corrected chi connectivity index (χ3v) is 9.18. The molecule has 3 aromatic heterocycles. The lowest BCUT2D eigenvalue weighted by atomic mass is 9.86. The number of halogens is 2. The molecule has 5 nitrogen and oxygen atoms in total. The predicted octanol–water partition coefficient (Wildman–Crippen LogP) is 9.79. The number of anilines is 2. The molecular formula is C37H34Cl2N4O. The van der Waals surface area contributed by atoms with E-state index in [1.54, 1.807) is 12.1 Å². The van der Waals surface area contributed by atoms with Crippen LogP contribution in [-0.4, -0.2) is 21.5 Å². The SMILES string of the molecule is Cc1[nH]c2ccc(Cl)cc2c(=O)c1C.Cc1nc2ccc(Cl)cc2c(N2CC(C)(C)c3ccc(-c4ccncc4)cc32)c1C. The van der Waals surface area contributed by atoms with Gasteiger partial charge in [0.05, 0.1) is 11.2 Å². The summed E-state index contributed by atoms with van der Waals surface area (Å²) >= 11 is 12.2. The van der Waals surface area contributed by atoms with Crippen molar-refractivity contribution >= 4 is 56.4 Å². The fourth-order valence-corrected chi connectivity index (χ4v) is 6.42. The van der Waals surface area contributed by atoms with Gasteiger partial charge in [0.25, 0.3) is 0 Å². The van der Waals surface area contributed by atoms with Crippen molar-refractivity contribution in [3.05, 3.63) is 127 Å². The van der Waals surface area contributed by atoms with E-state index in [1.807, 2.05) is 50.5 Å². The van der Waals surface area contributed by atoms with E-state index in [2.05, 4.69) is 72.9 Å². The molecule has 0 saturated carbocycles. The molecule has 0 fully saturated rings. The molecule has 0 unspecified atom stereocenters. The van der Waals surface area contributed by atoms with E-state index in [1.165, 1.54) is 33.6 Å². The van der Waals surface area contributed by atoms with Crippen LogP contribution in [-0.2, 0) is 5.41 Å². The van der Waals surface area contributed by atoms with Gasteiger partial charge in [0.2, 0.25) is 0 Å². The van der Waals surface area contributed by atoms with Crippen molar-refractivity contribution in [3.8, 4) is 11.1 Å². The number of H-pyrrole nitrogens is 1. The first kappa shape index (κ1) is 29.9. The monoisotopic (exact) mass is 620 g/mol. The minimum atomic E-state index is 0.0423. The summed E-state index contributed by atoms with van der Waals surface area (Å²) < 4.78 is 0. The van der Waals surface area contributed by atoms with Gasteiger partial charge in [-0.25, -0.2) is 0 Å². The lowest BCUT2D eigenvalue weighted by Gasteiger charge is -2.26. The second-order valence-electron chi connectivity index (χ2n) is 12.2. The number of aromatic amines is 1. The number of fused-ring (bicyclic) bond motifs is 3. The molecule has 0 spiro atoms. The number of nitrogens with zero attached hydrogens (tertiary/aromatic N) is 3. The zero-order valence-corrected chi connectivity index (χ0v) is 27.2. The summed E-state index contributed by atoms with van der Waals surface area (Å²) in [5.41, 5.74) is 12.0. The Bertz CT molecular complexity index is 2120. The van der Waals surface area contributed by atoms with Crippen molar-refractivity contribution in [2.45, 2.75) is 47.0 Å². The number of nitrogens with one attached hydrogen (secondary N) is 1. The molecule has 1 aliphatic rings. The largest absolute Gasteiger partial charge is 0.358 e. The highest BCUT2D eigenvalue weighted by atomic mass is 35.5. The first-order chi connectivity index (χ1) is 20.9. The zero-order valence-electron chi connectivity index (χ0n) is 25.7. The van der Waals surface area contributed by atoms with Crippen LogP contribution >= 0.6 is 23.2 Å². The van der Waals surface area contributed by atoms with E-state index >= 15 is 0 Å². The predicted molar refractivity (Wildman–Crippen MR) is 185 cm³/mol. The molecule has 0 amide bonds. The molecule has 7 rings (SSSR count). The normalized spacial score (nSPS) is 13.6. The molecule has 0 atom stereocenters. The Morgan fingerprint density at radius 1 is 0.795 bits per heavy atom. The second kappa shape index (κ2) is 11.4. The van der Waals surface area contributed by atoms with Crippen molar-refractivity contribution in [2.75, 3.05) is 11.4 Å². The molecule has 3 aromatic carbocycles. The maximum atomic E-state index is 11.8. The number of aromatic nitrogens is 3. The van der Waals surface area contributed by atoms with E-state index < -0.39 is 0 Å². The van der Waals surface area contributed by atoms with Gasteiger partial charge in [0, 0.05) is 73.3 Å². The minimum absolute atomic E-state index is 0.0423. The number of aryl methyl sites for hydroxylation is 2. The van der Waals surface area contributed by atoms with Crippen molar-refractivity contribution in [1.82, 2.24) is 15.0 Å². The lowest BCUT2D eigenvalue weighted by Crippen LogP contribution is -2.25. The molecule has 6 aromatic rings. The Morgan fingerprint density at radius 2 is 1.48 bits per heavy atom. The minimum Gasteiger partial charge on any atom is -0.358 e. The standard InChI is InChI=1S/C26H24ClN3.C11H10ClNO/c1-16-17(2)29-23-8-6-20(27)14-21(23)25(16)30-15-26(3,4)22-7-5-19(13-24(22)30)18-9-11-28-12-10-18;1-6-7(2)13-10-4-3-8(12)5-9(10)11(6)14/h5-14H,15H2,1-4H3;3-5H,1-2H3,(H,13,14). The van der Waals surface area contributed by atoms with E-state index in [4.69, 9.17) is 28.2 Å². The average Bonchev–Trinajstić information content (AvgIpc) is 3.27. The molecular weight excluding hydrogens is 587 g/mol. The number of hydrogen-bond donors (Lipinski definition) is 1. The third-order valence-electron chi connectivity index (χ3n) is 8.71. The van der Waals surface area contributed by atoms with Crippen molar-refractivity contribution in [1.29, 1.82) is 0 Å².